The fraction of sp³-hybridized carbons (Fsp3) is 0.765. The first-order valence-corrected chi connectivity index (χ1v) is 32.4. The molecule has 0 spiro atoms. The largest absolute Gasteiger partial charge is 0.454 e. The lowest BCUT2D eigenvalue weighted by Crippen LogP contribution is -2.61. The molecule has 6 N–H and O–H groups in total. The fourth-order valence-electron chi connectivity index (χ4n) is 9.67. The van der Waals surface area contributed by atoms with E-state index in [1.807, 2.05) is 6.08 Å². The number of rotatable bonds is 54. The van der Waals surface area contributed by atoms with Crippen molar-refractivity contribution < 1.29 is 49.3 Å². The van der Waals surface area contributed by atoms with Crippen LogP contribution < -0.4 is 5.32 Å². The van der Waals surface area contributed by atoms with E-state index in [1.54, 1.807) is 6.08 Å². The number of hydrogen-bond acceptors (Lipinski definition) is 10. The van der Waals surface area contributed by atoms with E-state index in [0.29, 0.717) is 12.8 Å². The fourth-order valence-corrected chi connectivity index (χ4v) is 9.67. The summed E-state index contributed by atoms with van der Waals surface area (Å²) in [4.78, 5) is 26.6. The van der Waals surface area contributed by atoms with Crippen LogP contribution in [0.2, 0.25) is 0 Å². The molecule has 1 aliphatic rings. The molecule has 11 nitrogen and oxygen atoms in total. The predicted octanol–water partition coefficient (Wildman–Crippen LogP) is 15.7. The molecule has 0 bridgehead atoms. The third kappa shape index (κ3) is 43.2. The number of aliphatic hydroxyl groups is 5. The Balaban J connectivity index is 2.68. The highest BCUT2D eigenvalue weighted by Crippen LogP contribution is 2.26. The van der Waals surface area contributed by atoms with E-state index in [1.165, 1.54) is 103 Å². The first-order valence-electron chi connectivity index (χ1n) is 32.4. The highest BCUT2D eigenvalue weighted by molar-refractivity contribution is 5.80. The van der Waals surface area contributed by atoms with Crippen molar-refractivity contribution in [2.75, 3.05) is 13.2 Å². The molecule has 1 aliphatic heterocycles. The Hall–Kier alpha value is -3.16. The molecule has 1 amide bonds. The summed E-state index contributed by atoms with van der Waals surface area (Å²) in [6, 6.07) is -1.04. The number of allylic oxidation sites excluding steroid dienone is 13. The maximum Gasteiger partial charge on any atom is 0.306 e. The molecule has 8 atom stereocenters. The molecule has 11 heteroatoms. The zero-order chi connectivity index (χ0) is 57.5. The summed E-state index contributed by atoms with van der Waals surface area (Å²) in [6.45, 7) is 5.66. The van der Waals surface area contributed by atoms with Crippen molar-refractivity contribution in [2.45, 2.75) is 320 Å². The standard InChI is InChI=1S/C68H119NO10/c1-4-7-10-13-16-19-22-25-27-28-29-30-31-32-33-35-37-40-43-46-49-52-55-61(72)67(76)69-59(60(71)54-51-48-45-42-39-36-24-21-18-15-12-9-6-3)58-77-68-66(65(75)64(74)62(57-70)78-68)79-63(73)56-53-50-47-44-41-38-34-26-23-20-17-14-11-8-5-2/h7,10,16,19-20,23,25,27,29-30,32-33,51,54,59-62,64-66,68,70-72,74-75H,4-6,8-9,11-15,17-18,21-22,24,26,28,31,34-50,52-53,55-58H2,1-3H3,(H,69,76)/b10-7-,19-16-,23-20-,27-25-,30-29-,33-32-,54-51+. The highest BCUT2D eigenvalue weighted by Gasteiger charge is 2.47. The predicted molar refractivity (Wildman–Crippen MR) is 329 cm³/mol. The van der Waals surface area contributed by atoms with Crippen molar-refractivity contribution >= 4 is 11.9 Å². The van der Waals surface area contributed by atoms with Crippen LogP contribution in [0.25, 0.3) is 0 Å². The Kier molecular flexibility index (Phi) is 51.8. The molecule has 79 heavy (non-hydrogen) atoms. The molecule has 0 aromatic carbocycles. The molecular formula is C68H119NO10. The quantitative estimate of drug-likeness (QED) is 0.0195. The second kappa shape index (κ2) is 55.4. The maximum atomic E-state index is 13.5. The van der Waals surface area contributed by atoms with Crippen molar-refractivity contribution in [3.8, 4) is 0 Å². The van der Waals surface area contributed by atoms with Gasteiger partial charge in [-0.1, -0.05) is 254 Å². The summed E-state index contributed by atoms with van der Waals surface area (Å²) in [7, 11) is 0. The SMILES string of the molecule is CC/C=C\C/C=C\C/C=C\C/C=C\C/C=C\CCCCCCCCC(O)C(=O)NC(COC1OC(CO)C(O)C(O)C1OC(=O)CCCCCCCCC/C=C\CCCCCC)C(O)/C=C/CCCCCCCCCCCCC. The van der Waals surface area contributed by atoms with Crippen LogP contribution in [0.4, 0.5) is 0 Å². The van der Waals surface area contributed by atoms with E-state index >= 15 is 0 Å². The van der Waals surface area contributed by atoms with Gasteiger partial charge in [0.25, 0.3) is 0 Å². The van der Waals surface area contributed by atoms with Crippen LogP contribution in [-0.2, 0) is 23.8 Å². The van der Waals surface area contributed by atoms with Gasteiger partial charge < -0.3 is 45.1 Å². The van der Waals surface area contributed by atoms with E-state index in [4.69, 9.17) is 14.2 Å². The Morgan fingerprint density at radius 2 is 0.911 bits per heavy atom. The minimum absolute atomic E-state index is 0.115. The lowest BCUT2D eigenvalue weighted by atomic mass is 9.99. The number of amides is 1. The number of nitrogens with one attached hydrogen (secondary N) is 1. The van der Waals surface area contributed by atoms with Gasteiger partial charge in [-0.15, -0.1) is 0 Å². The van der Waals surface area contributed by atoms with Crippen LogP contribution in [0.1, 0.15) is 271 Å². The average molecular weight is 1110 g/mol. The molecule has 0 saturated carbocycles. The Morgan fingerprint density at radius 3 is 1.39 bits per heavy atom. The normalized spacial score (nSPS) is 19.4. The molecule has 0 aliphatic carbocycles. The first kappa shape index (κ1) is 73.9. The van der Waals surface area contributed by atoms with Gasteiger partial charge in [0.1, 0.15) is 24.4 Å². The van der Waals surface area contributed by atoms with Crippen LogP contribution in [-0.4, -0.2) is 99.6 Å². The van der Waals surface area contributed by atoms with Gasteiger partial charge >= 0.3 is 5.97 Å². The van der Waals surface area contributed by atoms with Gasteiger partial charge in [-0.05, 0) is 96.3 Å². The summed E-state index contributed by atoms with van der Waals surface area (Å²) in [5.74, 6) is -1.21. The number of hydrogen-bond donors (Lipinski definition) is 6. The third-order valence-corrected chi connectivity index (χ3v) is 14.8. The monoisotopic (exact) mass is 1110 g/mol. The number of unbranched alkanes of at least 4 members (excludes halogenated alkanes) is 28. The number of aliphatic hydroxyl groups excluding tert-OH is 5. The molecular weight excluding hydrogens is 991 g/mol. The van der Waals surface area contributed by atoms with Crippen molar-refractivity contribution in [1.29, 1.82) is 0 Å². The van der Waals surface area contributed by atoms with E-state index in [-0.39, 0.29) is 19.4 Å². The van der Waals surface area contributed by atoms with Gasteiger partial charge in [-0.25, -0.2) is 0 Å². The summed E-state index contributed by atoms with van der Waals surface area (Å²) in [5, 5.41) is 57.1. The minimum Gasteiger partial charge on any atom is -0.454 e. The highest BCUT2D eigenvalue weighted by atomic mass is 16.7. The molecule has 1 rings (SSSR count). The molecule has 1 heterocycles. The Bertz CT molecular complexity index is 1610. The van der Waals surface area contributed by atoms with Crippen molar-refractivity contribution in [2.24, 2.45) is 0 Å². The van der Waals surface area contributed by atoms with Gasteiger partial charge in [0.05, 0.1) is 25.4 Å². The van der Waals surface area contributed by atoms with Gasteiger partial charge in [0.15, 0.2) is 12.4 Å². The molecule has 456 valence electrons. The third-order valence-electron chi connectivity index (χ3n) is 14.8. The lowest BCUT2D eigenvalue weighted by Gasteiger charge is -2.41. The molecule has 1 saturated heterocycles. The van der Waals surface area contributed by atoms with E-state index in [2.05, 4.69) is 99.0 Å². The summed E-state index contributed by atoms with van der Waals surface area (Å²) < 4.78 is 17.6. The van der Waals surface area contributed by atoms with E-state index in [0.717, 1.165) is 122 Å². The van der Waals surface area contributed by atoms with E-state index < -0.39 is 67.4 Å². The van der Waals surface area contributed by atoms with Crippen LogP contribution >= 0.6 is 0 Å². The minimum atomic E-state index is -1.62. The van der Waals surface area contributed by atoms with Crippen LogP contribution in [0, 0.1) is 0 Å². The van der Waals surface area contributed by atoms with Gasteiger partial charge in [0, 0.05) is 6.42 Å². The van der Waals surface area contributed by atoms with Gasteiger partial charge in [0.2, 0.25) is 5.91 Å². The molecule has 1 fully saturated rings. The smallest absolute Gasteiger partial charge is 0.306 e. The molecule has 8 unspecified atom stereocenters. The summed E-state index contributed by atoms with van der Waals surface area (Å²) in [6.07, 6.45) is 61.8. The van der Waals surface area contributed by atoms with Crippen molar-refractivity contribution in [1.82, 2.24) is 5.32 Å². The van der Waals surface area contributed by atoms with Gasteiger partial charge in [-0.3, -0.25) is 9.59 Å². The van der Waals surface area contributed by atoms with Crippen LogP contribution in [0.3, 0.4) is 0 Å². The maximum absolute atomic E-state index is 13.5. The van der Waals surface area contributed by atoms with Gasteiger partial charge in [-0.2, -0.15) is 0 Å². The molecule has 0 radical (unpaired) electrons. The zero-order valence-electron chi connectivity index (χ0n) is 50.5. The summed E-state index contributed by atoms with van der Waals surface area (Å²) in [5.41, 5.74) is 0. The van der Waals surface area contributed by atoms with Crippen LogP contribution in [0.15, 0.2) is 85.1 Å². The molecule has 0 aromatic rings. The number of esters is 1. The summed E-state index contributed by atoms with van der Waals surface area (Å²) >= 11 is 0. The average Bonchev–Trinajstić information content (AvgIpc) is 3.49. The second-order valence-electron chi connectivity index (χ2n) is 22.1. The topological polar surface area (TPSA) is 175 Å². The van der Waals surface area contributed by atoms with E-state index in [9.17, 15) is 35.1 Å². The Labute approximate surface area is 483 Å². The number of carbonyl (C=O) groups is 2. The number of carbonyl (C=O) groups excluding carboxylic acids is 2. The second-order valence-corrected chi connectivity index (χ2v) is 22.1. The Morgan fingerprint density at radius 1 is 0.506 bits per heavy atom. The number of ether oxygens (including phenoxy) is 3. The first-order chi connectivity index (χ1) is 38.7. The van der Waals surface area contributed by atoms with Crippen LogP contribution in [0.5, 0.6) is 0 Å². The molecule has 0 aromatic heterocycles. The lowest BCUT2D eigenvalue weighted by molar-refractivity contribution is -0.305. The zero-order valence-corrected chi connectivity index (χ0v) is 50.5. The van der Waals surface area contributed by atoms with Crippen molar-refractivity contribution in [3.63, 3.8) is 0 Å². The van der Waals surface area contributed by atoms with Crippen molar-refractivity contribution in [3.05, 3.63) is 85.1 Å².